The lowest BCUT2D eigenvalue weighted by Crippen LogP contribution is -2.29. The van der Waals surface area contributed by atoms with Crippen molar-refractivity contribution in [3.05, 3.63) is 101 Å². The van der Waals surface area contributed by atoms with Gasteiger partial charge in [-0.05, 0) is 67.8 Å². The third kappa shape index (κ3) is 4.40. The van der Waals surface area contributed by atoms with Crippen LogP contribution >= 0.6 is 0 Å². The quantitative estimate of drug-likeness (QED) is 0.304. The van der Waals surface area contributed by atoms with E-state index < -0.39 is 17.7 Å². The van der Waals surface area contributed by atoms with Gasteiger partial charge in [0.15, 0.2) is 0 Å². The Morgan fingerprint density at radius 2 is 1.58 bits per heavy atom. The van der Waals surface area contributed by atoms with Gasteiger partial charge < -0.3 is 9.84 Å². The summed E-state index contributed by atoms with van der Waals surface area (Å²) >= 11 is 0. The Hall–Kier alpha value is -3.86. The minimum absolute atomic E-state index is 0.0203. The highest BCUT2D eigenvalue weighted by Crippen LogP contribution is 2.42. The first kappa shape index (κ1) is 22.3. The van der Waals surface area contributed by atoms with Gasteiger partial charge in [0.2, 0.25) is 0 Å². The van der Waals surface area contributed by atoms with E-state index in [9.17, 15) is 14.7 Å². The maximum Gasteiger partial charge on any atom is 0.300 e. The summed E-state index contributed by atoms with van der Waals surface area (Å²) in [5.41, 5.74) is 3.02. The van der Waals surface area contributed by atoms with Crippen LogP contribution in [0.25, 0.3) is 5.76 Å². The third-order valence-corrected chi connectivity index (χ3v) is 5.68. The fourth-order valence-electron chi connectivity index (χ4n) is 4.06. The number of carbonyl (C=O) groups excluding carboxylic acids is 2. The number of rotatable bonds is 6. The van der Waals surface area contributed by atoms with Gasteiger partial charge in [-0.25, -0.2) is 0 Å². The number of carbonyl (C=O) groups is 2. The lowest BCUT2D eigenvalue weighted by Gasteiger charge is -2.25. The number of amides is 1. The van der Waals surface area contributed by atoms with Crippen LogP contribution in [0.4, 0.5) is 5.69 Å². The van der Waals surface area contributed by atoms with Gasteiger partial charge in [-0.15, -0.1) is 0 Å². The SMILES string of the molecule is CCc1ccc(N2C(=O)C(=O)/C(=C(/O)c3ccc(OC(C)C)cc3)C2c2ccccc2)cc1. The number of aryl methyl sites for hydroxylation is 1. The van der Waals surface area contributed by atoms with Crippen LogP contribution in [0.2, 0.25) is 0 Å². The van der Waals surface area contributed by atoms with Crippen LogP contribution in [0.3, 0.4) is 0 Å². The van der Waals surface area contributed by atoms with Crippen LogP contribution < -0.4 is 9.64 Å². The molecule has 1 fully saturated rings. The molecule has 0 radical (unpaired) electrons. The number of aliphatic hydroxyl groups excluding tert-OH is 1. The monoisotopic (exact) mass is 441 g/mol. The standard InChI is InChI=1S/C28H27NO4/c1-4-19-10-14-22(15-11-19)29-25(20-8-6-5-7-9-20)24(27(31)28(29)32)26(30)21-12-16-23(17-13-21)33-18(2)3/h5-18,25,30H,4H2,1-3H3/b26-24+. The van der Waals surface area contributed by atoms with Crippen LogP contribution in [0.1, 0.15) is 43.5 Å². The topological polar surface area (TPSA) is 66.8 Å². The normalized spacial score (nSPS) is 17.6. The second-order valence-corrected chi connectivity index (χ2v) is 8.29. The van der Waals surface area contributed by atoms with Gasteiger partial charge in [0.1, 0.15) is 11.5 Å². The van der Waals surface area contributed by atoms with Crippen molar-refractivity contribution in [2.45, 2.75) is 39.3 Å². The number of benzene rings is 3. The number of Topliss-reactive ketones (excluding diaryl/α,β-unsaturated/α-hetero) is 1. The molecule has 168 valence electrons. The summed E-state index contributed by atoms with van der Waals surface area (Å²) < 4.78 is 5.67. The average Bonchev–Trinajstić information content (AvgIpc) is 3.10. The third-order valence-electron chi connectivity index (χ3n) is 5.68. The highest BCUT2D eigenvalue weighted by molar-refractivity contribution is 6.51. The molecule has 5 heteroatoms. The van der Waals surface area contributed by atoms with Crippen LogP contribution in [0.5, 0.6) is 5.75 Å². The molecular weight excluding hydrogens is 414 g/mol. The number of ketones is 1. The second kappa shape index (κ2) is 9.33. The Balaban J connectivity index is 1.83. The summed E-state index contributed by atoms with van der Waals surface area (Å²) in [5.74, 6) is -0.901. The van der Waals surface area contributed by atoms with E-state index in [0.717, 1.165) is 17.5 Å². The van der Waals surface area contributed by atoms with Gasteiger partial charge in [-0.2, -0.15) is 0 Å². The first-order chi connectivity index (χ1) is 15.9. The lowest BCUT2D eigenvalue weighted by atomic mass is 9.95. The van der Waals surface area contributed by atoms with E-state index in [2.05, 4.69) is 6.92 Å². The molecule has 1 atom stereocenters. The number of anilines is 1. The van der Waals surface area contributed by atoms with E-state index in [4.69, 9.17) is 4.74 Å². The molecule has 3 aromatic carbocycles. The van der Waals surface area contributed by atoms with Gasteiger partial charge >= 0.3 is 0 Å². The predicted octanol–water partition coefficient (Wildman–Crippen LogP) is 5.66. The Kier molecular flexibility index (Phi) is 6.31. The molecule has 1 aliphatic heterocycles. The average molecular weight is 442 g/mol. The zero-order valence-corrected chi connectivity index (χ0v) is 19.0. The summed E-state index contributed by atoms with van der Waals surface area (Å²) in [6, 6.07) is 23.0. The van der Waals surface area contributed by atoms with E-state index >= 15 is 0 Å². The predicted molar refractivity (Wildman–Crippen MR) is 129 cm³/mol. The number of ether oxygens (including phenoxy) is 1. The minimum Gasteiger partial charge on any atom is -0.507 e. The first-order valence-corrected chi connectivity index (χ1v) is 11.1. The maximum absolute atomic E-state index is 13.2. The van der Waals surface area contributed by atoms with Crippen molar-refractivity contribution in [1.29, 1.82) is 0 Å². The van der Waals surface area contributed by atoms with E-state index in [-0.39, 0.29) is 17.4 Å². The molecule has 1 unspecified atom stereocenters. The zero-order chi connectivity index (χ0) is 23.5. The number of nitrogens with zero attached hydrogens (tertiary/aromatic N) is 1. The molecule has 1 amide bonds. The molecule has 0 spiro atoms. The van der Waals surface area contributed by atoms with Gasteiger partial charge in [-0.3, -0.25) is 14.5 Å². The molecule has 1 N–H and O–H groups in total. The second-order valence-electron chi connectivity index (χ2n) is 8.29. The van der Waals surface area contributed by atoms with Gasteiger partial charge in [0.25, 0.3) is 11.7 Å². The van der Waals surface area contributed by atoms with Gasteiger partial charge in [-0.1, -0.05) is 49.4 Å². The Morgan fingerprint density at radius 3 is 2.15 bits per heavy atom. The van der Waals surface area contributed by atoms with Gasteiger partial charge in [0, 0.05) is 11.3 Å². The van der Waals surface area contributed by atoms with Crippen molar-refractivity contribution in [2.24, 2.45) is 0 Å². The summed E-state index contributed by atoms with van der Waals surface area (Å²) in [4.78, 5) is 27.8. The highest BCUT2D eigenvalue weighted by Gasteiger charge is 2.46. The summed E-state index contributed by atoms with van der Waals surface area (Å²) in [7, 11) is 0. The fraction of sp³-hybridized carbons (Fsp3) is 0.214. The van der Waals surface area contributed by atoms with Crippen molar-refractivity contribution in [3.63, 3.8) is 0 Å². The van der Waals surface area contributed by atoms with Crippen LogP contribution in [-0.4, -0.2) is 22.9 Å². The Bertz CT molecular complexity index is 1180. The molecule has 0 saturated carbocycles. The molecule has 1 aliphatic rings. The van der Waals surface area contributed by atoms with Crippen LogP contribution in [0, 0.1) is 0 Å². The van der Waals surface area contributed by atoms with E-state index in [1.54, 1.807) is 24.3 Å². The number of hydrogen-bond donors (Lipinski definition) is 1. The molecular formula is C28H27NO4. The largest absolute Gasteiger partial charge is 0.507 e. The number of hydrogen-bond acceptors (Lipinski definition) is 4. The van der Waals surface area contributed by atoms with Gasteiger partial charge in [0.05, 0.1) is 17.7 Å². The molecule has 4 rings (SSSR count). The van der Waals surface area contributed by atoms with Crippen molar-refractivity contribution in [3.8, 4) is 5.75 Å². The van der Waals surface area contributed by atoms with Crippen LogP contribution in [-0.2, 0) is 16.0 Å². The van der Waals surface area contributed by atoms with Crippen molar-refractivity contribution < 1.29 is 19.4 Å². The first-order valence-electron chi connectivity index (χ1n) is 11.1. The molecule has 1 heterocycles. The Morgan fingerprint density at radius 1 is 0.939 bits per heavy atom. The molecule has 0 bridgehead atoms. The zero-order valence-electron chi connectivity index (χ0n) is 19.0. The molecule has 5 nitrogen and oxygen atoms in total. The van der Waals surface area contributed by atoms with Crippen molar-refractivity contribution >= 4 is 23.1 Å². The summed E-state index contributed by atoms with van der Waals surface area (Å²) in [6.07, 6.45) is 0.893. The van der Waals surface area contributed by atoms with E-state index in [1.807, 2.05) is 68.4 Å². The number of aliphatic hydroxyl groups is 1. The lowest BCUT2D eigenvalue weighted by molar-refractivity contribution is -0.132. The highest BCUT2D eigenvalue weighted by atomic mass is 16.5. The van der Waals surface area contributed by atoms with E-state index in [0.29, 0.717) is 17.0 Å². The summed E-state index contributed by atoms with van der Waals surface area (Å²) in [5, 5.41) is 11.2. The van der Waals surface area contributed by atoms with Crippen molar-refractivity contribution in [2.75, 3.05) is 4.90 Å². The van der Waals surface area contributed by atoms with E-state index in [1.165, 1.54) is 4.90 Å². The Labute approximate surface area is 193 Å². The van der Waals surface area contributed by atoms with Crippen molar-refractivity contribution in [1.82, 2.24) is 0 Å². The van der Waals surface area contributed by atoms with Crippen LogP contribution in [0.15, 0.2) is 84.4 Å². The fourth-order valence-corrected chi connectivity index (χ4v) is 4.06. The minimum atomic E-state index is -0.731. The molecule has 0 aromatic heterocycles. The molecule has 1 saturated heterocycles. The smallest absolute Gasteiger partial charge is 0.300 e. The maximum atomic E-state index is 13.2. The summed E-state index contributed by atoms with van der Waals surface area (Å²) in [6.45, 7) is 5.92. The molecule has 33 heavy (non-hydrogen) atoms. The molecule has 0 aliphatic carbocycles. The molecule has 3 aromatic rings.